The molecule has 0 fully saturated rings. The number of hydrogen-bond acceptors (Lipinski definition) is 3. The Balaban J connectivity index is 0.000000197. The van der Waals surface area contributed by atoms with E-state index in [4.69, 9.17) is 0 Å². The van der Waals surface area contributed by atoms with Crippen LogP contribution in [0.25, 0.3) is 11.4 Å². The van der Waals surface area contributed by atoms with E-state index in [2.05, 4.69) is 32.3 Å². The van der Waals surface area contributed by atoms with Crippen LogP contribution in [0.5, 0.6) is 0 Å². The summed E-state index contributed by atoms with van der Waals surface area (Å²) in [5.41, 5.74) is -3.50. The van der Waals surface area contributed by atoms with Crippen LogP contribution in [0.1, 0.15) is 22.4 Å². The van der Waals surface area contributed by atoms with Gasteiger partial charge in [-0.2, -0.15) is 48.7 Å². The van der Waals surface area contributed by atoms with Crippen molar-refractivity contribution in [3.8, 4) is 11.4 Å². The van der Waals surface area contributed by atoms with Crippen molar-refractivity contribution in [3.63, 3.8) is 0 Å². The SMILES string of the molecule is FC(F)(F)c1cc(C(F)(F)F)c(-c2ccccn2)[n-]1.Fc1c[c-]c(Cn2cccn2)c(F)c1.Fc1c[c-]c(Cn2cccn2)c(F)c1.[Ir+3]. The van der Waals surface area contributed by atoms with E-state index < -0.39 is 52.6 Å². The van der Waals surface area contributed by atoms with E-state index in [-0.39, 0.29) is 45.0 Å². The zero-order valence-corrected chi connectivity index (χ0v) is 26.3. The number of hydrogen-bond donors (Lipinski definition) is 0. The molecule has 0 saturated heterocycles. The van der Waals surface area contributed by atoms with Crippen LogP contribution in [0.4, 0.5) is 43.9 Å². The molecule has 0 bridgehead atoms. The van der Waals surface area contributed by atoms with E-state index in [1.54, 1.807) is 46.3 Å². The van der Waals surface area contributed by atoms with Crippen molar-refractivity contribution < 1.29 is 64.0 Å². The second kappa shape index (κ2) is 16.4. The summed E-state index contributed by atoms with van der Waals surface area (Å²) in [4.78, 5) is 6.60. The first-order valence-electron chi connectivity index (χ1n) is 13.1. The number of pyridine rings is 1. The normalized spacial score (nSPS) is 11.1. The molecule has 48 heavy (non-hydrogen) atoms. The molecule has 4 heterocycles. The van der Waals surface area contributed by atoms with Crippen molar-refractivity contribution in [1.82, 2.24) is 29.5 Å². The number of nitrogens with zero attached hydrogens (tertiary/aromatic N) is 6. The maximum absolute atomic E-state index is 13.1. The van der Waals surface area contributed by atoms with Gasteiger partial charge in [-0.3, -0.25) is 31.9 Å². The van der Waals surface area contributed by atoms with Crippen molar-refractivity contribution in [2.45, 2.75) is 25.4 Å². The maximum Gasteiger partial charge on any atom is 3.00 e. The Morgan fingerprint density at radius 1 is 0.667 bits per heavy atom. The summed E-state index contributed by atoms with van der Waals surface area (Å²) in [6, 6.07) is 16.4. The third-order valence-electron chi connectivity index (χ3n) is 5.90. The third kappa shape index (κ3) is 10.6. The van der Waals surface area contributed by atoms with Gasteiger partial charge in [-0.15, -0.1) is 35.4 Å². The number of rotatable bonds is 5. The zero-order chi connectivity index (χ0) is 34.2. The third-order valence-corrected chi connectivity index (χ3v) is 5.90. The Kier molecular flexibility index (Phi) is 12.9. The molecule has 0 saturated carbocycles. The first kappa shape index (κ1) is 37.7. The monoisotopic (exact) mass is 858 g/mol. The first-order valence-corrected chi connectivity index (χ1v) is 13.1. The van der Waals surface area contributed by atoms with Gasteiger partial charge >= 0.3 is 32.5 Å². The number of halogens is 10. The first-order chi connectivity index (χ1) is 22.2. The van der Waals surface area contributed by atoms with Gasteiger partial charge < -0.3 is 4.98 Å². The summed E-state index contributed by atoms with van der Waals surface area (Å²) in [7, 11) is 0. The van der Waals surface area contributed by atoms with Gasteiger partial charge in [-0.05, 0) is 24.3 Å². The molecular weight excluding hydrogens is 839 g/mol. The Labute approximate surface area is 279 Å². The van der Waals surface area contributed by atoms with Gasteiger partial charge in [0.2, 0.25) is 0 Å². The van der Waals surface area contributed by atoms with E-state index in [1.165, 1.54) is 18.3 Å². The van der Waals surface area contributed by atoms with Crippen LogP contribution in [0.3, 0.4) is 0 Å². The minimum atomic E-state index is -4.94. The van der Waals surface area contributed by atoms with Crippen LogP contribution in [0.2, 0.25) is 0 Å². The molecule has 0 amide bonds. The molecule has 0 aliphatic heterocycles. The van der Waals surface area contributed by atoms with E-state index in [0.29, 0.717) is 11.1 Å². The van der Waals surface area contributed by atoms with Crippen molar-refractivity contribution in [3.05, 3.63) is 149 Å². The van der Waals surface area contributed by atoms with Crippen LogP contribution >= 0.6 is 0 Å². The molecule has 4 aromatic heterocycles. The minimum Gasteiger partial charge on any atom is -0.652 e. The summed E-state index contributed by atoms with van der Waals surface area (Å²) in [6.45, 7) is 0.526. The fourth-order valence-corrected chi connectivity index (χ4v) is 3.78. The molecule has 0 N–H and O–H groups in total. The largest absolute Gasteiger partial charge is 3.00 e. The van der Waals surface area contributed by atoms with Gasteiger partial charge in [0.1, 0.15) is 0 Å². The summed E-state index contributed by atoms with van der Waals surface area (Å²) in [6.07, 6.45) is -2.08. The van der Waals surface area contributed by atoms with Crippen molar-refractivity contribution in [1.29, 1.82) is 0 Å². The van der Waals surface area contributed by atoms with E-state index in [9.17, 15) is 43.9 Å². The van der Waals surface area contributed by atoms with E-state index >= 15 is 0 Å². The molecular formula is C31H19F10IrN6. The van der Waals surface area contributed by atoms with Gasteiger partial charge in [-0.25, -0.2) is 0 Å². The number of aromatic nitrogens is 6. The predicted molar refractivity (Wildman–Crippen MR) is 146 cm³/mol. The van der Waals surface area contributed by atoms with E-state index in [0.717, 1.165) is 30.3 Å². The van der Waals surface area contributed by atoms with Crippen LogP contribution < -0.4 is 4.98 Å². The average molecular weight is 858 g/mol. The average Bonchev–Trinajstić information content (AvgIpc) is 3.80. The molecule has 6 rings (SSSR count). The molecule has 0 unspecified atom stereocenters. The second-order valence-electron chi connectivity index (χ2n) is 9.31. The van der Waals surface area contributed by atoms with Crippen LogP contribution in [0, 0.1) is 35.4 Å². The smallest absolute Gasteiger partial charge is 0.652 e. The van der Waals surface area contributed by atoms with Crippen LogP contribution in [-0.2, 0) is 45.5 Å². The summed E-state index contributed by atoms with van der Waals surface area (Å²) >= 11 is 0. The van der Waals surface area contributed by atoms with Gasteiger partial charge in [0.25, 0.3) is 0 Å². The summed E-state index contributed by atoms with van der Waals surface area (Å²) in [5, 5.41) is 7.82. The Bertz CT molecular complexity index is 1770. The second-order valence-corrected chi connectivity index (χ2v) is 9.31. The summed E-state index contributed by atoms with van der Waals surface area (Å²) in [5.74, 6) is -2.43. The molecule has 0 atom stereocenters. The molecule has 252 valence electrons. The Morgan fingerprint density at radius 2 is 1.19 bits per heavy atom. The fraction of sp³-hybridized carbons (Fsp3) is 0.129. The number of benzene rings is 2. The zero-order valence-electron chi connectivity index (χ0n) is 23.9. The quantitative estimate of drug-likeness (QED) is 0.132. The van der Waals surface area contributed by atoms with Gasteiger partial charge in [0.05, 0.1) is 0 Å². The van der Waals surface area contributed by atoms with Crippen molar-refractivity contribution in [2.75, 3.05) is 0 Å². The van der Waals surface area contributed by atoms with Crippen molar-refractivity contribution in [2.24, 2.45) is 0 Å². The Hall–Kier alpha value is -4.76. The maximum atomic E-state index is 13.1. The molecule has 6 nitrogen and oxygen atoms in total. The van der Waals surface area contributed by atoms with Gasteiger partial charge in [-0.1, -0.05) is 23.5 Å². The van der Waals surface area contributed by atoms with Crippen molar-refractivity contribution >= 4 is 0 Å². The molecule has 6 aromatic rings. The Morgan fingerprint density at radius 3 is 1.56 bits per heavy atom. The standard InChI is InChI=1S/C11H5F6N2.2C10H7F2N2.Ir/c12-10(13,14)6-5-8(11(15,16)17)19-9(6)7-3-1-2-4-18-7;2*11-9-3-2-8(10(12)6-9)7-14-5-1-4-13-14;/h1-5H;2*1,3-6H,7H2;/q3*-1;+3. The van der Waals surface area contributed by atoms with Gasteiger partial charge in [0, 0.05) is 78.6 Å². The molecule has 0 spiro atoms. The molecule has 17 heteroatoms. The van der Waals surface area contributed by atoms with Crippen LogP contribution in [0.15, 0.2) is 91.6 Å². The molecule has 0 radical (unpaired) electrons. The molecule has 0 aliphatic rings. The predicted octanol–water partition coefficient (Wildman–Crippen LogP) is 7.76. The van der Waals surface area contributed by atoms with Crippen LogP contribution in [-0.4, -0.2) is 24.5 Å². The summed E-state index contributed by atoms with van der Waals surface area (Å²) < 4.78 is 130. The van der Waals surface area contributed by atoms with E-state index in [1.807, 2.05) is 0 Å². The minimum absolute atomic E-state index is 0. The van der Waals surface area contributed by atoms with Gasteiger partial charge in [0.15, 0.2) is 0 Å². The topological polar surface area (TPSA) is 62.6 Å². The fourth-order valence-electron chi connectivity index (χ4n) is 3.78. The molecule has 0 aliphatic carbocycles. The number of alkyl halides is 6. The molecule has 2 aromatic carbocycles.